The van der Waals surface area contributed by atoms with Gasteiger partial charge in [-0.05, 0) is 61.6 Å². The maximum atomic E-state index is 10.2. The lowest BCUT2D eigenvalue weighted by molar-refractivity contribution is 0.0976. The molecule has 2 aromatic rings. The Labute approximate surface area is 160 Å². The van der Waals surface area contributed by atoms with E-state index in [-0.39, 0.29) is 24.5 Å². The van der Waals surface area contributed by atoms with Crippen molar-refractivity contribution in [1.82, 2.24) is 0 Å². The van der Waals surface area contributed by atoms with E-state index in [1.807, 2.05) is 25.1 Å². The quantitative estimate of drug-likeness (QED) is 0.653. The third kappa shape index (κ3) is 6.31. The molecule has 4 heteroatoms. The molecule has 0 spiro atoms. The Kier molecular flexibility index (Phi) is 4.54. The van der Waals surface area contributed by atoms with Gasteiger partial charge in [-0.3, -0.25) is 0 Å². The monoisotopic (exact) mass is 351 g/mol. The van der Waals surface area contributed by atoms with Gasteiger partial charge in [-0.2, -0.15) is 0 Å². The lowest BCUT2D eigenvalue weighted by Crippen LogP contribution is -2.17. The Bertz CT molecular complexity index is 879. The summed E-state index contributed by atoms with van der Waals surface area (Å²) in [5, 5.41) is 10.2. The highest BCUT2D eigenvalue weighted by Gasteiger charge is 2.07. The number of methoxy groups -OCH3 is 2. The van der Waals surface area contributed by atoms with E-state index in [0.717, 1.165) is 5.56 Å². The zero-order valence-corrected chi connectivity index (χ0v) is 14.2. The summed E-state index contributed by atoms with van der Waals surface area (Å²) in [6.45, 7) is 1.77. The van der Waals surface area contributed by atoms with Crippen LogP contribution < -0.4 is 14.2 Å². The topological polar surface area (TPSA) is 47.9 Å². The summed E-state index contributed by atoms with van der Waals surface area (Å²) in [4.78, 5) is 0. The fraction of sp³-hybridized carbons (Fsp3) is 0.429. The van der Waals surface area contributed by atoms with Crippen molar-refractivity contribution in [3.05, 3.63) is 53.6 Å². The summed E-state index contributed by atoms with van der Waals surface area (Å²) >= 11 is 0. The van der Waals surface area contributed by atoms with Crippen LogP contribution in [0.1, 0.15) is 40.0 Å². The first-order valence-electron chi connectivity index (χ1n) is 11.7. The zero-order valence-electron chi connectivity index (χ0n) is 21.2. The molecule has 1 atom stereocenters. The van der Waals surface area contributed by atoms with Crippen LogP contribution in [0.4, 0.5) is 0 Å². The van der Waals surface area contributed by atoms with Crippen LogP contribution in [-0.4, -0.2) is 31.9 Å². The lowest BCUT2D eigenvalue weighted by atomic mass is 10.0. The molecule has 25 heavy (non-hydrogen) atoms. The molecule has 2 aromatic carbocycles. The van der Waals surface area contributed by atoms with Crippen LogP contribution in [0.25, 0.3) is 0 Å². The number of rotatable bonds is 10. The van der Waals surface area contributed by atoms with E-state index in [9.17, 15) is 5.11 Å². The molecule has 0 fully saturated rings. The van der Waals surface area contributed by atoms with E-state index < -0.39 is 20.2 Å². The molecular weight excluding hydrogens is 316 g/mol. The van der Waals surface area contributed by atoms with Crippen LogP contribution in [0.5, 0.6) is 17.2 Å². The molecule has 1 unspecified atom stereocenters. The van der Waals surface area contributed by atoms with E-state index in [1.54, 1.807) is 12.1 Å². The first-order valence-corrected chi connectivity index (χ1v) is 8.15. The van der Waals surface area contributed by atoms with Gasteiger partial charge < -0.3 is 19.3 Å². The maximum Gasteiger partial charge on any atom is 0.160 e. The Morgan fingerprint density at radius 1 is 1.08 bits per heavy atom. The van der Waals surface area contributed by atoms with Gasteiger partial charge in [0.25, 0.3) is 0 Å². The summed E-state index contributed by atoms with van der Waals surface area (Å²) in [6.07, 6.45) is 0.104. The van der Waals surface area contributed by atoms with Crippen molar-refractivity contribution in [2.24, 2.45) is 0 Å². The van der Waals surface area contributed by atoms with Crippen LogP contribution >= 0.6 is 0 Å². The number of ether oxygens (including phenoxy) is 3. The average Bonchev–Trinajstić information content (AvgIpc) is 2.64. The van der Waals surface area contributed by atoms with Crippen molar-refractivity contribution < 1.29 is 28.9 Å². The highest BCUT2D eigenvalue weighted by atomic mass is 16.5. The molecule has 0 aliphatic carbocycles. The number of hydrogen-bond donors (Lipinski definition) is 1. The normalized spacial score (nSPS) is 18.2. The van der Waals surface area contributed by atoms with Gasteiger partial charge in [0.1, 0.15) is 12.4 Å². The molecule has 0 amide bonds. The Balaban J connectivity index is 1.90. The van der Waals surface area contributed by atoms with Gasteiger partial charge in [-0.25, -0.2) is 0 Å². The number of unbranched alkanes of at least 4 members (excludes halogenated alkanes) is 1. The van der Waals surface area contributed by atoms with E-state index in [2.05, 4.69) is 0 Å². The minimum absolute atomic E-state index is 0.159. The highest BCUT2D eigenvalue weighted by molar-refractivity contribution is 5.42. The Morgan fingerprint density at radius 2 is 1.92 bits per heavy atom. The third-order valence-electron chi connectivity index (χ3n) is 3.80. The maximum absolute atomic E-state index is 10.2. The van der Waals surface area contributed by atoms with E-state index in [0.29, 0.717) is 30.6 Å². The second-order valence-corrected chi connectivity index (χ2v) is 5.86. The molecule has 1 N–H and O–H groups in total. The van der Waals surface area contributed by atoms with Crippen molar-refractivity contribution in [2.45, 2.75) is 38.7 Å². The first-order chi connectivity index (χ1) is 14.7. The summed E-state index contributed by atoms with van der Waals surface area (Å²) < 4.78 is 66.7. The summed E-state index contributed by atoms with van der Waals surface area (Å²) in [5.41, 5.74) is 1.74. The van der Waals surface area contributed by atoms with Gasteiger partial charge in [0, 0.05) is 0 Å². The lowest BCUT2D eigenvalue weighted by Gasteiger charge is -2.13. The van der Waals surface area contributed by atoms with Crippen molar-refractivity contribution in [1.29, 1.82) is 0 Å². The van der Waals surface area contributed by atoms with E-state index in [1.165, 1.54) is 12.1 Å². The number of benzene rings is 2. The van der Waals surface area contributed by atoms with E-state index >= 15 is 0 Å². The number of aryl methyl sites for hydroxylation is 2. The van der Waals surface area contributed by atoms with Gasteiger partial charge >= 0.3 is 0 Å². The van der Waals surface area contributed by atoms with Crippen LogP contribution in [0.2, 0.25) is 0 Å². The molecule has 0 saturated carbocycles. The van der Waals surface area contributed by atoms with Gasteiger partial charge in [0.2, 0.25) is 0 Å². The molecule has 2 rings (SSSR count). The smallest absolute Gasteiger partial charge is 0.160 e. The van der Waals surface area contributed by atoms with Crippen LogP contribution in [-0.2, 0) is 6.42 Å². The molecule has 0 bridgehead atoms. The van der Waals surface area contributed by atoms with E-state index in [4.69, 9.17) is 23.8 Å². The minimum Gasteiger partial charge on any atom is -0.493 e. The zero-order chi connectivity index (χ0) is 24.0. The molecule has 0 aliphatic rings. The molecule has 136 valence electrons. The molecular formula is C21H28O4. The first kappa shape index (κ1) is 11.4. The average molecular weight is 351 g/mol. The van der Waals surface area contributed by atoms with Crippen molar-refractivity contribution in [3.8, 4) is 17.2 Å². The number of aliphatic hydroxyl groups is 1. The minimum atomic E-state index is -2.76. The largest absolute Gasteiger partial charge is 0.493 e. The second kappa shape index (κ2) is 9.94. The summed E-state index contributed by atoms with van der Waals surface area (Å²) in [5.74, 6) is 0.234. The molecule has 0 aromatic heterocycles. The molecule has 0 radical (unpaired) electrons. The Hall–Kier alpha value is -2.20. The third-order valence-corrected chi connectivity index (χ3v) is 3.80. The van der Waals surface area contributed by atoms with Crippen LogP contribution in [0.3, 0.4) is 0 Å². The molecule has 0 heterocycles. The summed E-state index contributed by atoms with van der Waals surface area (Å²) in [6, 6.07) is 11.8. The highest BCUT2D eigenvalue weighted by Crippen LogP contribution is 2.28. The summed E-state index contributed by atoms with van der Waals surface area (Å²) in [7, 11) is -5.50. The fourth-order valence-electron chi connectivity index (χ4n) is 2.47. The van der Waals surface area contributed by atoms with Crippen molar-refractivity contribution in [3.63, 3.8) is 0 Å². The molecule has 0 saturated heterocycles. The second-order valence-electron chi connectivity index (χ2n) is 5.86. The van der Waals surface area contributed by atoms with Gasteiger partial charge in [-0.1, -0.05) is 24.6 Å². The van der Waals surface area contributed by atoms with Crippen molar-refractivity contribution >= 4 is 0 Å². The standard InChI is InChI=1S/C21H28O4/c1-16-7-6-10-19(13-16)25-15-18(22)9-5-4-8-17-11-12-20(23-2)21(14-17)24-3/h6-7,10-14,18,22H,4-5,8-9,15H2,1-3H3/i2D3,3D3,18D. The molecule has 0 aliphatic heterocycles. The van der Waals surface area contributed by atoms with Crippen LogP contribution in [0.15, 0.2) is 42.5 Å². The van der Waals surface area contributed by atoms with Gasteiger partial charge in [0.15, 0.2) is 11.5 Å². The Morgan fingerprint density at radius 3 is 2.72 bits per heavy atom. The van der Waals surface area contributed by atoms with Crippen molar-refractivity contribution in [2.75, 3.05) is 20.7 Å². The van der Waals surface area contributed by atoms with Gasteiger partial charge in [-0.15, -0.1) is 0 Å². The SMILES string of the molecule is [2H]C(O)(CCCCc1ccc(OC([2H])([2H])[2H])c(OC([2H])([2H])[2H])c1)COc1cccc(C)c1. The van der Waals surface area contributed by atoms with Crippen LogP contribution in [0, 0.1) is 6.92 Å². The predicted octanol–water partition coefficient (Wildman–Crippen LogP) is 4.16. The fourth-order valence-corrected chi connectivity index (χ4v) is 2.47. The van der Waals surface area contributed by atoms with Gasteiger partial charge in [0.05, 0.1) is 29.8 Å². The number of hydrogen-bond acceptors (Lipinski definition) is 4. The molecule has 4 nitrogen and oxygen atoms in total. The predicted molar refractivity (Wildman–Crippen MR) is 99.8 cm³/mol.